The van der Waals surface area contributed by atoms with E-state index in [0.29, 0.717) is 0 Å². The molecule has 2 aliphatic rings. The van der Waals surface area contributed by atoms with Gasteiger partial charge in [0.2, 0.25) is 0 Å². The molecule has 1 aromatic heterocycles. The SMILES string of the molecule is Cl.c1ccc(-c2csc(CN3CCC(N4CCNCC4)C3)c2)cc1. The third-order valence-corrected chi connectivity index (χ3v) is 5.98. The molecule has 5 heteroatoms. The molecule has 4 rings (SSSR count). The molecule has 2 fully saturated rings. The van der Waals surface area contributed by atoms with Crippen LogP contribution in [0.4, 0.5) is 0 Å². The van der Waals surface area contributed by atoms with E-state index < -0.39 is 0 Å². The molecular weight excluding hydrogens is 338 g/mol. The molecule has 1 unspecified atom stereocenters. The molecular formula is C19H26ClN3S. The monoisotopic (exact) mass is 363 g/mol. The Bertz CT molecular complexity index is 625. The number of nitrogens with one attached hydrogen (secondary N) is 1. The summed E-state index contributed by atoms with van der Waals surface area (Å²) in [6.45, 7) is 8.33. The van der Waals surface area contributed by atoms with Gasteiger partial charge in [-0.3, -0.25) is 9.80 Å². The highest BCUT2D eigenvalue weighted by Gasteiger charge is 2.28. The molecule has 0 spiro atoms. The zero-order valence-electron chi connectivity index (χ0n) is 14.0. The summed E-state index contributed by atoms with van der Waals surface area (Å²) in [5, 5.41) is 5.75. The fraction of sp³-hybridized carbons (Fsp3) is 0.474. The smallest absolute Gasteiger partial charge is 0.0328 e. The van der Waals surface area contributed by atoms with Crippen molar-refractivity contribution in [3.8, 4) is 11.1 Å². The average molecular weight is 364 g/mol. The Labute approximate surface area is 155 Å². The highest BCUT2D eigenvalue weighted by atomic mass is 35.5. The van der Waals surface area contributed by atoms with E-state index in [4.69, 9.17) is 0 Å². The van der Waals surface area contributed by atoms with E-state index in [1.165, 1.54) is 48.6 Å². The fourth-order valence-corrected chi connectivity index (χ4v) is 4.70. The van der Waals surface area contributed by atoms with E-state index >= 15 is 0 Å². The summed E-state index contributed by atoms with van der Waals surface area (Å²) in [5.74, 6) is 0. The van der Waals surface area contributed by atoms with Gasteiger partial charge in [0.25, 0.3) is 0 Å². The first-order valence-corrected chi connectivity index (χ1v) is 9.56. The normalized spacial score (nSPS) is 22.4. The number of thiophene rings is 1. The lowest BCUT2D eigenvalue weighted by atomic mass is 10.1. The van der Waals surface area contributed by atoms with Crippen molar-refractivity contribution < 1.29 is 0 Å². The van der Waals surface area contributed by atoms with Crippen molar-refractivity contribution in [3.05, 3.63) is 46.7 Å². The summed E-state index contributed by atoms with van der Waals surface area (Å²) in [7, 11) is 0. The van der Waals surface area contributed by atoms with Gasteiger partial charge in [0, 0.05) is 56.7 Å². The quantitative estimate of drug-likeness (QED) is 0.899. The molecule has 3 nitrogen and oxygen atoms in total. The number of likely N-dealkylation sites (tertiary alicyclic amines) is 1. The van der Waals surface area contributed by atoms with Crippen LogP contribution in [0.1, 0.15) is 11.3 Å². The van der Waals surface area contributed by atoms with Gasteiger partial charge < -0.3 is 5.32 Å². The van der Waals surface area contributed by atoms with E-state index in [-0.39, 0.29) is 12.4 Å². The van der Waals surface area contributed by atoms with E-state index in [0.717, 1.165) is 25.7 Å². The second-order valence-electron chi connectivity index (χ2n) is 6.63. The van der Waals surface area contributed by atoms with Crippen molar-refractivity contribution >= 4 is 23.7 Å². The lowest BCUT2D eigenvalue weighted by molar-refractivity contribution is 0.170. The van der Waals surface area contributed by atoms with Crippen LogP contribution in [0.3, 0.4) is 0 Å². The Morgan fingerprint density at radius 1 is 1.04 bits per heavy atom. The van der Waals surface area contributed by atoms with E-state index in [2.05, 4.69) is 56.9 Å². The minimum atomic E-state index is 0. The van der Waals surface area contributed by atoms with Crippen molar-refractivity contribution in [3.63, 3.8) is 0 Å². The van der Waals surface area contributed by atoms with Crippen LogP contribution in [-0.4, -0.2) is 55.1 Å². The minimum Gasteiger partial charge on any atom is -0.314 e. The summed E-state index contributed by atoms with van der Waals surface area (Å²) in [4.78, 5) is 6.80. The number of hydrogen-bond acceptors (Lipinski definition) is 4. The maximum Gasteiger partial charge on any atom is 0.0328 e. The van der Waals surface area contributed by atoms with Crippen LogP contribution in [0.5, 0.6) is 0 Å². The van der Waals surface area contributed by atoms with E-state index in [1.807, 2.05) is 11.3 Å². The van der Waals surface area contributed by atoms with Crippen molar-refractivity contribution in [1.29, 1.82) is 0 Å². The molecule has 0 bridgehead atoms. The number of benzene rings is 1. The van der Waals surface area contributed by atoms with Crippen molar-refractivity contribution in [2.75, 3.05) is 39.3 Å². The van der Waals surface area contributed by atoms with Crippen LogP contribution in [0.15, 0.2) is 41.8 Å². The number of halogens is 1. The number of piperazine rings is 1. The van der Waals surface area contributed by atoms with Gasteiger partial charge >= 0.3 is 0 Å². The minimum absolute atomic E-state index is 0. The number of hydrogen-bond donors (Lipinski definition) is 1. The first kappa shape index (κ1) is 17.9. The Morgan fingerprint density at radius 2 is 1.83 bits per heavy atom. The Kier molecular flexibility index (Phi) is 6.31. The van der Waals surface area contributed by atoms with Crippen LogP contribution >= 0.6 is 23.7 Å². The largest absolute Gasteiger partial charge is 0.314 e. The van der Waals surface area contributed by atoms with Crippen molar-refractivity contribution in [2.24, 2.45) is 0 Å². The fourth-order valence-electron chi connectivity index (χ4n) is 3.77. The summed E-state index contributed by atoms with van der Waals surface area (Å²) in [5.41, 5.74) is 2.69. The highest BCUT2D eigenvalue weighted by Crippen LogP contribution is 2.27. The molecule has 1 N–H and O–H groups in total. The van der Waals surface area contributed by atoms with Gasteiger partial charge in [-0.25, -0.2) is 0 Å². The number of rotatable bonds is 4. The third-order valence-electron chi connectivity index (χ3n) is 5.06. The molecule has 1 aromatic carbocycles. The third kappa shape index (κ3) is 4.19. The van der Waals surface area contributed by atoms with Crippen LogP contribution in [0.25, 0.3) is 11.1 Å². The molecule has 130 valence electrons. The second kappa shape index (κ2) is 8.45. The molecule has 2 aromatic rings. The van der Waals surface area contributed by atoms with Crippen molar-refractivity contribution in [1.82, 2.24) is 15.1 Å². The molecule has 2 aliphatic heterocycles. The topological polar surface area (TPSA) is 18.5 Å². The van der Waals surface area contributed by atoms with Gasteiger partial charge in [0.1, 0.15) is 0 Å². The molecule has 24 heavy (non-hydrogen) atoms. The molecule has 1 atom stereocenters. The predicted molar refractivity (Wildman–Crippen MR) is 105 cm³/mol. The zero-order valence-corrected chi connectivity index (χ0v) is 15.6. The first-order chi connectivity index (χ1) is 11.4. The van der Waals surface area contributed by atoms with Crippen LogP contribution in [-0.2, 0) is 6.54 Å². The summed E-state index contributed by atoms with van der Waals surface area (Å²) < 4.78 is 0. The predicted octanol–water partition coefficient (Wildman–Crippen LogP) is 3.32. The Morgan fingerprint density at radius 3 is 2.62 bits per heavy atom. The van der Waals surface area contributed by atoms with E-state index in [1.54, 1.807) is 0 Å². The molecule has 0 amide bonds. The standard InChI is InChI=1S/C19H25N3S.ClH/c1-2-4-16(5-3-1)17-12-19(23-15-17)14-21-9-6-18(13-21)22-10-7-20-8-11-22;/h1-5,12,15,18,20H,6-11,13-14H2;1H. The van der Waals surface area contributed by atoms with Crippen LogP contribution in [0.2, 0.25) is 0 Å². The Balaban J connectivity index is 0.00000169. The van der Waals surface area contributed by atoms with Gasteiger partial charge in [-0.05, 0) is 29.0 Å². The van der Waals surface area contributed by atoms with Gasteiger partial charge in [-0.1, -0.05) is 30.3 Å². The number of nitrogens with zero attached hydrogens (tertiary/aromatic N) is 2. The van der Waals surface area contributed by atoms with Gasteiger partial charge in [0.15, 0.2) is 0 Å². The zero-order chi connectivity index (χ0) is 15.5. The van der Waals surface area contributed by atoms with Crippen LogP contribution < -0.4 is 5.32 Å². The van der Waals surface area contributed by atoms with Gasteiger partial charge in [0.05, 0.1) is 0 Å². The Hall–Kier alpha value is -0.910. The summed E-state index contributed by atoms with van der Waals surface area (Å²) in [6.07, 6.45) is 1.33. The second-order valence-corrected chi connectivity index (χ2v) is 7.63. The van der Waals surface area contributed by atoms with Crippen molar-refractivity contribution in [2.45, 2.75) is 19.0 Å². The van der Waals surface area contributed by atoms with Crippen LogP contribution in [0, 0.1) is 0 Å². The highest BCUT2D eigenvalue weighted by molar-refractivity contribution is 7.10. The molecule has 0 radical (unpaired) electrons. The maximum atomic E-state index is 3.45. The maximum absolute atomic E-state index is 3.45. The summed E-state index contributed by atoms with van der Waals surface area (Å²) >= 11 is 1.90. The lowest BCUT2D eigenvalue weighted by Crippen LogP contribution is -2.49. The average Bonchev–Trinajstić information content (AvgIpc) is 3.27. The molecule has 0 saturated carbocycles. The first-order valence-electron chi connectivity index (χ1n) is 8.68. The van der Waals surface area contributed by atoms with E-state index in [9.17, 15) is 0 Å². The van der Waals surface area contributed by atoms with Gasteiger partial charge in [-0.2, -0.15) is 0 Å². The van der Waals surface area contributed by atoms with Gasteiger partial charge in [-0.15, -0.1) is 23.7 Å². The summed E-state index contributed by atoms with van der Waals surface area (Å²) in [6, 6.07) is 13.8. The molecule has 2 saturated heterocycles. The molecule has 3 heterocycles. The lowest BCUT2D eigenvalue weighted by Gasteiger charge is -2.32. The molecule has 0 aliphatic carbocycles.